The van der Waals surface area contributed by atoms with Crippen molar-refractivity contribution >= 4 is 26.0 Å². The maximum Gasteiger partial charge on any atom is 0.238 e. The molecule has 0 aromatic heterocycles. The standard InChI is InChI=1S/C14H20BrNO3S/c15-9-13(17)11-5-3-4-10(8-11)12-6-1-2-7-14(12)20(16,18)19/h1-2,6-7,10-11,13,17H,3-5,8-9H2,(H2,16,18,19). The molecular weight excluding hydrogens is 342 g/mol. The Morgan fingerprint density at radius 1 is 1.35 bits per heavy atom. The molecule has 0 saturated heterocycles. The lowest BCUT2D eigenvalue weighted by Crippen LogP contribution is -2.28. The molecule has 3 atom stereocenters. The third-order valence-corrected chi connectivity index (χ3v) is 5.73. The summed E-state index contributed by atoms with van der Waals surface area (Å²) in [4.78, 5) is 0.221. The Morgan fingerprint density at radius 3 is 2.70 bits per heavy atom. The van der Waals surface area contributed by atoms with Gasteiger partial charge in [0.2, 0.25) is 10.0 Å². The van der Waals surface area contributed by atoms with E-state index in [1.165, 1.54) is 0 Å². The first-order valence-corrected chi connectivity index (χ1v) is 9.46. The number of benzene rings is 1. The second-order valence-corrected chi connectivity index (χ2v) is 7.61. The van der Waals surface area contributed by atoms with E-state index in [1.807, 2.05) is 12.1 Å². The van der Waals surface area contributed by atoms with Crippen molar-refractivity contribution in [3.05, 3.63) is 29.8 Å². The van der Waals surface area contributed by atoms with Gasteiger partial charge >= 0.3 is 0 Å². The lowest BCUT2D eigenvalue weighted by atomic mass is 9.76. The summed E-state index contributed by atoms with van der Waals surface area (Å²) in [7, 11) is -3.70. The fourth-order valence-electron chi connectivity index (χ4n) is 3.06. The first-order valence-electron chi connectivity index (χ1n) is 6.79. The van der Waals surface area contributed by atoms with E-state index in [1.54, 1.807) is 12.1 Å². The zero-order chi connectivity index (χ0) is 14.8. The molecule has 0 radical (unpaired) electrons. The molecule has 112 valence electrons. The van der Waals surface area contributed by atoms with E-state index in [0.29, 0.717) is 5.33 Å². The molecule has 0 amide bonds. The lowest BCUT2D eigenvalue weighted by molar-refractivity contribution is 0.0993. The monoisotopic (exact) mass is 361 g/mol. The second-order valence-electron chi connectivity index (χ2n) is 5.43. The largest absolute Gasteiger partial charge is 0.392 e. The molecule has 0 aliphatic heterocycles. The van der Waals surface area contributed by atoms with Gasteiger partial charge in [-0.05, 0) is 42.7 Å². The summed E-state index contributed by atoms with van der Waals surface area (Å²) in [6.07, 6.45) is 3.36. The lowest BCUT2D eigenvalue weighted by Gasteiger charge is -2.32. The summed E-state index contributed by atoms with van der Waals surface area (Å²) >= 11 is 3.31. The summed E-state index contributed by atoms with van der Waals surface area (Å²) in [5, 5.41) is 15.8. The molecule has 1 aliphatic carbocycles. The predicted octanol–water partition coefficient (Wildman–Crippen LogP) is 2.36. The van der Waals surface area contributed by atoms with Crippen molar-refractivity contribution in [3.63, 3.8) is 0 Å². The molecule has 1 aromatic carbocycles. The van der Waals surface area contributed by atoms with Crippen molar-refractivity contribution in [1.29, 1.82) is 0 Å². The molecule has 3 N–H and O–H groups in total. The molecular formula is C14H20BrNO3S. The molecule has 3 unspecified atom stereocenters. The van der Waals surface area contributed by atoms with Crippen LogP contribution in [-0.4, -0.2) is 25.0 Å². The number of hydrogen-bond donors (Lipinski definition) is 2. The fraction of sp³-hybridized carbons (Fsp3) is 0.571. The average molecular weight is 362 g/mol. The third-order valence-electron chi connectivity index (χ3n) is 4.08. The van der Waals surface area contributed by atoms with Gasteiger partial charge in [-0.3, -0.25) is 0 Å². The van der Waals surface area contributed by atoms with E-state index in [4.69, 9.17) is 5.14 Å². The number of nitrogens with two attached hydrogens (primary N) is 1. The molecule has 1 aromatic rings. The molecule has 4 nitrogen and oxygen atoms in total. The van der Waals surface area contributed by atoms with E-state index in [9.17, 15) is 13.5 Å². The number of aliphatic hydroxyl groups is 1. The minimum absolute atomic E-state index is 0.150. The van der Waals surface area contributed by atoms with Crippen molar-refractivity contribution in [2.24, 2.45) is 11.1 Å². The van der Waals surface area contributed by atoms with Crippen LogP contribution < -0.4 is 5.14 Å². The van der Waals surface area contributed by atoms with Gasteiger partial charge < -0.3 is 5.11 Å². The van der Waals surface area contributed by atoms with Crippen molar-refractivity contribution in [3.8, 4) is 0 Å². The summed E-state index contributed by atoms with van der Waals surface area (Å²) in [5.41, 5.74) is 0.793. The summed E-state index contributed by atoms with van der Waals surface area (Å²) in [5.74, 6) is 0.360. The number of rotatable bonds is 4. The summed E-state index contributed by atoms with van der Waals surface area (Å²) in [6, 6.07) is 6.94. The quantitative estimate of drug-likeness (QED) is 0.807. The maximum atomic E-state index is 11.7. The van der Waals surface area contributed by atoms with Gasteiger partial charge in [-0.1, -0.05) is 40.5 Å². The first kappa shape index (κ1) is 15.9. The highest BCUT2D eigenvalue weighted by Crippen LogP contribution is 2.39. The molecule has 0 bridgehead atoms. The topological polar surface area (TPSA) is 80.4 Å². The van der Waals surface area contributed by atoms with Crippen LogP contribution in [0.4, 0.5) is 0 Å². The third kappa shape index (κ3) is 3.61. The van der Waals surface area contributed by atoms with E-state index in [-0.39, 0.29) is 22.8 Å². The number of primary sulfonamides is 1. The number of aliphatic hydroxyl groups excluding tert-OH is 1. The fourth-order valence-corrected chi connectivity index (χ4v) is 4.42. The van der Waals surface area contributed by atoms with Crippen molar-refractivity contribution in [1.82, 2.24) is 0 Å². The summed E-state index contributed by atoms with van der Waals surface area (Å²) < 4.78 is 23.4. The predicted molar refractivity (Wildman–Crippen MR) is 82.3 cm³/mol. The first-order chi connectivity index (χ1) is 9.43. The van der Waals surface area contributed by atoms with Crippen LogP contribution in [0.1, 0.15) is 37.2 Å². The van der Waals surface area contributed by atoms with Gasteiger partial charge in [-0.25, -0.2) is 13.6 Å². The van der Waals surface area contributed by atoms with Gasteiger partial charge in [0.05, 0.1) is 11.0 Å². The van der Waals surface area contributed by atoms with E-state index in [2.05, 4.69) is 15.9 Å². The van der Waals surface area contributed by atoms with Crippen LogP contribution in [0, 0.1) is 5.92 Å². The molecule has 1 saturated carbocycles. The van der Waals surface area contributed by atoms with Gasteiger partial charge in [-0.2, -0.15) is 0 Å². The van der Waals surface area contributed by atoms with E-state index < -0.39 is 10.0 Å². The van der Waals surface area contributed by atoms with Crippen LogP contribution in [0.15, 0.2) is 29.2 Å². The van der Waals surface area contributed by atoms with Crippen LogP contribution in [0.5, 0.6) is 0 Å². The maximum absolute atomic E-state index is 11.7. The number of halogens is 1. The smallest absolute Gasteiger partial charge is 0.238 e. The second kappa shape index (κ2) is 6.56. The minimum Gasteiger partial charge on any atom is -0.392 e. The highest BCUT2D eigenvalue weighted by atomic mass is 79.9. The minimum atomic E-state index is -3.70. The van der Waals surface area contributed by atoms with E-state index >= 15 is 0 Å². The number of sulfonamides is 1. The number of hydrogen-bond acceptors (Lipinski definition) is 3. The molecule has 0 heterocycles. The van der Waals surface area contributed by atoms with Crippen LogP contribution in [0.25, 0.3) is 0 Å². The Labute approximate surface area is 128 Å². The van der Waals surface area contributed by atoms with E-state index in [0.717, 1.165) is 31.2 Å². The Morgan fingerprint density at radius 2 is 2.05 bits per heavy atom. The Hall–Kier alpha value is -0.430. The van der Waals surface area contributed by atoms with Gasteiger partial charge in [-0.15, -0.1) is 0 Å². The Kier molecular flexibility index (Phi) is 5.23. The molecule has 1 aliphatic rings. The van der Waals surface area contributed by atoms with Crippen LogP contribution in [0.3, 0.4) is 0 Å². The van der Waals surface area contributed by atoms with Crippen molar-refractivity contribution < 1.29 is 13.5 Å². The van der Waals surface area contributed by atoms with Crippen LogP contribution in [0.2, 0.25) is 0 Å². The van der Waals surface area contributed by atoms with Gasteiger partial charge in [0, 0.05) is 5.33 Å². The SMILES string of the molecule is NS(=O)(=O)c1ccccc1C1CCCC(C(O)CBr)C1. The van der Waals surface area contributed by atoms with Crippen LogP contribution in [-0.2, 0) is 10.0 Å². The van der Waals surface area contributed by atoms with Gasteiger partial charge in [0.1, 0.15) is 0 Å². The van der Waals surface area contributed by atoms with Crippen LogP contribution >= 0.6 is 15.9 Å². The van der Waals surface area contributed by atoms with Gasteiger partial charge in [0.25, 0.3) is 0 Å². The Bertz CT molecular complexity index is 561. The molecule has 0 spiro atoms. The molecule has 6 heteroatoms. The average Bonchev–Trinajstić information content (AvgIpc) is 2.45. The zero-order valence-corrected chi connectivity index (χ0v) is 13.6. The van der Waals surface area contributed by atoms with Crippen molar-refractivity contribution in [2.45, 2.75) is 42.6 Å². The molecule has 1 fully saturated rings. The number of alkyl halides is 1. The Balaban J connectivity index is 2.28. The molecule has 2 rings (SSSR count). The van der Waals surface area contributed by atoms with Crippen molar-refractivity contribution in [2.75, 3.05) is 5.33 Å². The zero-order valence-electron chi connectivity index (χ0n) is 11.2. The normalized spacial score (nSPS) is 25.4. The molecule has 20 heavy (non-hydrogen) atoms. The highest BCUT2D eigenvalue weighted by Gasteiger charge is 2.30. The van der Waals surface area contributed by atoms with Gasteiger partial charge in [0.15, 0.2) is 0 Å². The summed E-state index contributed by atoms with van der Waals surface area (Å²) in [6.45, 7) is 0. The highest BCUT2D eigenvalue weighted by molar-refractivity contribution is 9.09.